The van der Waals surface area contributed by atoms with Gasteiger partial charge in [-0.1, -0.05) is 12.2 Å². The van der Waals surface area contributed by atoms with Crippen molar-refractivity contribution in [3.05, 3.63) is 40.5 Å². The molecule has 5 nitrogen and oxygen atoms in total. The smallest absolute Gasteiger partial charge is 0.339 e. The minimum Gasteiger partial charge on any atom is -0.488 e. The number of carbonyl (C=O) groups is 1. The molecule has 122 valence electrons. The van der Waals surface area contributed by atoms with Crippen molar-refractivity contribution in [1.82, 2.24) is 4.90 Å². The fourth-order valence-electron chi connectivity index (χ4n) is 4.16. The summed E-state index contributed by atoms with van der Waals surface area (Å²) in [5.74, 6) is 2.54. The normalized spacial score (nSPS) is 31.8. The summed E-state index contributed by atoms with van der Waals surface area (Å²) in [6, 6.07) is 3.07. The van der Waals surface area contributed by atoms with Gasteiger partial charge in [0.2, 0.25) is 5.91 Å². The van der Waals surface area contributed by atoms with E-state index in [1.54, 1.807) is 13.0 Å². The maximum absolute atomic E-state index is 12.7. The van der Waals surface area contributed by atoms with Crippen LogP contribution in [-0.4, -0.2) is 30.0 Å². The lowest BCUT2D eigenvalue weighted by molar-refractivity contribution is -0.135. The van der Waals surface area contributed by atoms with E-state index in [4.69, 9.17) is 9.15 Å². The third-order valence-electron chi connectivity index (χ3n) is 5.22. The number of likely N-dealkylation sites (tertiary alicyclic amines) is 1. The summed E-state index contributed by atoms with van der Waals surface area (Å²) in [4.78, 5) is 26.0. The molecule has 1 amide bonds. The number of nitrogens with zero attached hydrogens (tertiary/aromatic N) is 1. The number of rotatable bonds is 3. The maximum atomic E-state index is 12.7. The van der Waals surface area contributed by atoms with Crippen LogP contribution in [0.4, 0.5) is 0 Å². The van der Waals surface area contributed by atoms with Gasteiger partial charge in [-0.3, -0.25) is 4.79 Å². The number of ether oxygens (including phenoxy) is 1. The molecule has 3 aliphatic rings. The standard InChI is InChI=1S/C18H21NO4/c1-11-6-15(9-17(20)22-11)23-14-4-5-19(10-14)18(21)16-8-12-2-3-13(16)7-12/h2-3,6,9,12-14,16H,4-5,7-8,10H2,1H3. The summed E-state index contributed by atoms with van der Waals surface area (Å²) in [6.45, 7) is 3.07. The van der Waals surface area contributed by atoms with E-state index in [0.717, 1.165) is 25.8 Å². The quantitative estimate of drug-likeness (QED) is 0.802. The molecule has 4 atom stereocenters. The van der Waals surface area contributed by atoms with Crippen LogP contribution in [0.5, 0.6) is 5.75 Å². The van der Waals surface area contributed by atoms with Gasteiger partial charge < -0.3 is 14.1 Å². The Balaban J connectivity index is 1.38. The zero-order valence-corrected chi connectivity index (χ0v) is 13.2. The van der Waals surface area contributed by atoms with E-state index >= 15 is 0 Å². The molecule has 4 rings (SSSR count). The van der Waals surface area contributed by atoms with Gasteiger partial charge in [-0.15, -0.1) is 0 Å². The van der Waals surface area contributed by atoms with Crippen molar-refractivity contribution in [2.45, 2.75) is 32.3 Å². The van der Waals surface area contributed by atoms with Gasteiger partial charge in [0.15, 0.2) is 0 Å². The second-order valence-corrected chi connectivity index (χ2v) is 6.92. The molecule has 1 saturated heterocycles. The van der Waals surface area contributed by atoms with Gasteiger partial charge in [0.1, 0.15) is 17.6 Å². The van der Waals surface area contributed by atoms with Gasteiger partial charge in [-0.25, -0.2) is 4.79 Å². The molecule has 2 bridgehead atoms. The second-order valence-electron chi connectivity index (χ2n) is 6.92. The Morgan fingerprint density at radius 2 is 2.17 bits per heavy atom. The maximum Gasteiger partial charge on any atom is 0.339 e. The lowest BCUT2D eigenvalue weighted by Gasteiger charge is -2.24. The molecule has 0 N–H and O–H groups in total. The Morgan fingerprint density at radius 1 is 1.30 bits per heavy atom. The summed E-state index contributed by atoms with van der Waals surface area (Å²) in [7, 11) is 0. The Bertz CT molecular complexity index is 707. The zero-order valence-electron chi connectivity index (χ0n) is 13.2. The average Bonchev–Trinajstić information content (AvgIpc) is 3.21. The minimum atomic E-state index is -0.403. The molecular formula is C18H21NO4. The monoisotopic (exact) mass is 315 g/mol. The summed E-state index contributed by atoms with van der Waals surface area (Å²) < 4.78 is 10.8. The molecule has 1 saturated carbocycles. The van der Waals surface area contributed by atoms with Crippen molar-refractivity contribution in [3.8, 4) is 5.75 Å². The number of hydrogen-bond donors (Lipinski definition) is 0. The van der Waals surface area contributed by atoms with Crippen molar-refractivity contribution in [2.24, 2.45) is 17.8 Å². The zero-order chi connectivity index (χ0) is 16.0. The lowest BCUT2D eigenvalue weighted by atomic mass is 9.92. The number of allylic oxidation sites excluding steroid dienone is 2. The second kappa shape index (κ2) is 5.55. The Morgan fingerprint density at radius 3 is 2.87 bits per heavy atom. The van der Waals surface area contributed by atoms with Crippen LogP contribution in [0, 0.1) is 24.7 Å². The van der Waals surface area contributed by atoms with Gasteiger partial charge in [0.25, 0.3) is 0 Å². The molecule has 5 heteroatoms. The molecule has 0 aromatic carbocycles. The van der Waals surface area contributed by atoms with Crippen LogP contribution >= 0.6 is 0 Å². The van der Waals surface area contributed by atoms with E-state index in [1.807, 2.05) is 4.90 Å². The third-order valence-corrected chi connectivity index (χ3v) is 5.22. The SMILES string of the molecule is Cc1cc(OC2CCN(C(=O)C3CC4C=CC3C4)C2)cc(=O)o1. The van der Waals surface area contributed by atoms with Gasteiger partial charge in [-0.2, -0.15) is 0 Å². The summed E-state index contributed by atoms with van der Waals surface area (Å²) in [6.07, 6.45) is 7.38. The predicted molar refractivity (Wildman–Crippen MR) is 84.2 cm³/mol. The summed E-state index contributed by atoms with van der Waals surface area (Å²) >= 11 is 0. The first-order chi connectivity index (χ1) is 11.1. The highest BCUT2D eigenvalue weighted by Gasteiger charge is 2.42. The third kappa shape index (κ3) is 2.80. The van der Waals surface area contributed by atoms with Gasteiger partial charge in [-0.05, 0) is 31.6 Å². The Labute approximate surface area is 134 Å². The van der Waals surface area contributed by atoms with Crippen molar-refractivity contribution in [3.63, 3.8) is 0 Å². The number of amides is 1. The van der Waals surface area contributed by atoms with Gasteiger partial charge in [0.05, 0.1) is 12.6 Å². The minimum absolute atomic E-state index is 0.0470. The average molecular weight is 315 g/mol. The van der Waals surface area contributed by atoms with E-state index in [9.17, 15) is 9.59 Å². The van der Waals surface area contributed by atoms with Crippen molar-refractivity contribution < 1.29 is 13.9 Å². The molecule has 4 unspecified atom stereocenters. The molecule has 2 heterocycles. The molecule has 1 aliphatic heterocycles. The summed E-state index contributed by atoms with van der Waals surface area (Å²) in [5, 5.41) is 0. The number of aryl methyl sites for hydroxylation is 1. The van der Waals surface area contributed by atoms with Crippen molar-refractivity contribution in [2.75, 3.05) is 13.1 Å². The first kappa shape index (κ1) is 14.5. The van der Waals surface area contributed by atoms with E-state index < -0.39 is 5.63 Å². The highest BCUT2D eigenvalue weighted by Crippen LogP contribution is 2.44. The van der Waals surface area contributed by atoms with Crippen LogP contribution in [0.1, 0.15) is 25.0 Å². The summed E-state index contributed by atoms with van der Waals surface area (Å²) in [5.41, 5.74) is -0.403. The Kier molecular flexibility index (Phi) is 3.51. The highest BCUT2D eigenvalue weighted by atomic mass is 16.5. The lowest BCUT2D eigenvalue weighted by Crippen LogP contribution is -2.37. The predicted octanol–water partition coefficient (Wildman–Crippen LogP) is 2.14. The van der Waals surface area contributed by atoms with Crippen LogP contribution < -0.4 is 10.4 Å². The van der Waals surface area contributed by atoms with Crippen LogP contribution in [-0.2, 0) is 4.79 Å². The largest absolute Gasteiger partial charge is 0.488 e. The van der Waals surface area contributed by atoms with E-state index in [2.05, 4.69) is 12.2 Å². The van der Waals surface area contributed by atoms with Crippen molar-refractivity contribution >= 4 is 5.91 Å². The van der Waals surface area contributed by atoms with E-state index in [-0.39, 0.29) is 17.9 Å². The van der Waals surface area contributed by atoms with Crippen LogP contribution in [0.2, 0.25) is 0 Å². The first-order valence-electron chi connectivity index (χ1n) is 8.34. The van der Waals surface area contributed by atoms with Crippen LogP contribution in [0.15, 0.2) is 33.5 Å². The number of carbonyl (C=O) groups excluding carboxylic acids is 1. The fourth-order valence-corrected chi connectivity index (χ4v) is 4.16. The van der Waals surface area contributed by atoms with Crippen LogP contribution in [0.25, 0.3) is 0 Å². The molecule has 2 fully saturated rings. The Hall–Kier alpha value is -2.04. The fraction of sp³-hybridized carbons (Fsp3) is 0.556. The van der Waals surface area contributed by atoms with Crippen molar-refractivity contribution in [1.29, 1.82) is 0 Å². The molecule has 0 radical (unpaired) electrons. The first-order valence-corrected chi connectivity index (χ1v) is 8.34. The number of hydrogen-bond acceptors (Lipinski definition) is 4. The van der Waals surface area contributed by atoms with E-state index in [0.29, 0.717) is 29.9 Å². The van der Waals surface area contributed by atoms with Gasteiger partial charge >= 0.3 is 5.63 Å². The van der Waals surface area contributed by atoms with Gasteiger partial charge in [0, 0.05) is 24.9 Å². The molecule has 0 spiro atoms. The number of fused-ring (bicyclic) bond motifs is 2. The van der Waals surface area contributed by atoms with E-state index in [1.165, 1.54) is 6.07 Å². The highest BCUT2D eigenvalue weighted by molar-refractivity contribution is 5.80. The topological polar surface area (TPSA) is 59.8 Å². The molecule has 1 aromatic rings. The van der Waals surface area contributed by atoms with Crippen LogP contribution in [0.3, 0.4) is 0 Å². The molecular weight excluding hydrogens is 294 g/mol. The molecule has 1 aromatic heterocycles. The molecule has 2 aliphatic carbocycles. The molecule has 23 heavy (non-hydrogen) atoms.